The summed E-state index contributed by atoms with van der Waals surface area (Å²) < 4.78 is 4.89. The standard InChI is InChI=1S/C9H10BO4/c1-14-5-7-3-2-6(9(11)12)4-8(7)10-13/h2-4,13H,5H2,1H3,(H,11,12). The topological polar surface area (TPSA) is 66.8 Å². The fourth-order valence-electron chi connectivity index (χ4n) is 1.14. The molecule has 1 rings (SSSR count). The van der Waals surface area contributed by atoms with E-state index in [4.69, 9.17) is 14.9 Å². The number of aromatic carboxylic acids is 1. The monoisotopic (exact) mass is 193 g/mol. The summed E-state index contributed by atoms with van der Waals surface area (Å²) in [5, 5.41) is 17.6. The van der Waals surface area contributed by atoms with Crippen LogP contribution < -0.4 is 5.46 Å². The van der Waals surface area contributed by atoms with Crippen molar-refractivity contribution in [2.24, 2.45) is 0 Å². The summed E-state index contributed by atoms with van der Waals surface area (Å²) in [5.41, 5.74) is 1.36. The van der Waals surface area contributed by atoms with Crippen molar-refractivity contribution in [3.8, 4) is 0 Å². The van der Waals surface area contributed by atoms with Crippen molar-refractivity contribution in [3.63, 3.8) is 0 Å². The number of ether oxygens (including phenoxy) is 1. The van der Waals surface area contributed by atoms with Crippen LogP contribution in [0.3, 0.4) is 0 Å². The molecule has 0 atom stereocenters. The Kier molecular flexibility index (Phi) is 3.68. The molecule has 2 N–H and O–H groups in total. The Hall–Kier alpha value is -1.33. The number of hydrogen-bond acceptors (Lipinski definition) is 3. The summed E-state index contributed by atoms with van der Waals surface area (Å²) in [6, 6.07) is 4.50. The van der Waals surface area contributed by atoms with Crippen molar-refractivity contribution >= 4 is 18.9 Å². The lowest BCUT2D eigenvalue weighted by molar-refractivity contribution is 0.0697. The molecule has 0 saturated carbocycles. The van der Waals surface area contributed by atoms with Crippen LogP contribution in [-0.4, -0.2) is 30.7 Å². The Bertz CT molecular complexity index is 338. The van der Waals surface area contributed by atoms with Gasteiger partial charge in [-0.15, -0.1) is 0 Å². The normalized spacial score (nSPS) is 9.86. The van der Waals surface area contributed by atoms with Crippen LogP contribution in [0.2, 0.25) is 0 Å². The van der Waals surface area contributed by atoms with Gasteiger partial charge in [-0.2, -0.15) is 0 Å². The maximum atomic E-state index is 10.6. The minimum absolute atomic E-state index is 0.144. The number of carbonyl (C=O) groups is 1. The first-order valence-electron chi connectivity index (χ1n) is 4.01. The molecule has 4 nitrogen and oxygen atoms in total. The molecule has 0 aliphatic heterocycles. The van der Waals surface area contributed by atoms with Crippen LogP contribution in [0.4, 0.5) is 0 Å². The van der Waals surface area contributed by atoms with Crippen molar-refractivity contribution in [2.45, 2.75) is 6.61 Å². The molecule has 0 amide bonds. The zero-order valence-corrected chi connectivity index (χ0v) is 7.73. The summed E-state index contributed by atoms with van der Waals surface area (Å²) >= 11 is 0. The Morgan fingerprint density at radius 3 is 2.79 bits per heavy atom. The highest BCUT2D eigenvalue weighted by Crippen LogP contribution is 2.03. The van der Waals surface area contributed by atoms with E-state index in [1.54, 1.807) is 6.07 Å². The first-order chi connectivity index (χ1) is 6.69. The molecule has 1 aromatic rings. The van der Waals surface area contributed by atoms with Crippen LogP contribution in [0.15, 0.2) is 18.2 Å². The van der Waals surface area contributed by atoms with E-state index in [0.717, 1.165) is 13.0 Å². The Morgan fingerprint density at radius 1 is 1.57 bits per heavy atom. The first kappa shape index (κ1) is 10.8. The van der Waals surface area contributed by atoms with Crippen LogP contribution in [0.1, 0.15) is 15.9 Å². The smallest absolute Gasteiger partial charge is 0.335 e. The van der Waals surface area contributed by atoms with Crippen molar-refractivity contribution in [1.29, 1.82) is 0 Å². The number of benzene rings is 1. The van der Waals surface area contributed by atoms with Gasteiger partial charge in [0.1, 0.15) is 0 Å². The minimum Gasteiger partial charge on any atom is -0.478 e. The predicted octanol–water partition coefficient (Wildman–Crippen LogP) is -0.232. The Balaban J connectivity index is 3.04. The molecule has 0 aromatic heterocycles. The highest BCUT2D eigenvalue weighted by molar-refractivity contribution is 6.46. The maximum Gasteiger partial charge on any atom is 0.335 e. The van der Waals surface area contributed by atoms with Gasteiger partial charge in [0.15, 0.2) is 0 Å². The molecule has 14 heavy (non-hydrogen) atoms. The van der Waals surface area contributed by atoms with E-state index in [1.165, 1.54) is 19.2 Å². The van der Waals surface area contributed by atoms with Gasteiger partial charge in [0.2, 0.25) is 0 Å². The van der Waals surface area contributed by atoms with Gasteiger partial charge in [-0.1, -0.05) is 12.1 Å². The van der Waals surface area contributed by atoms with Crippen LogP contribution in [0, 0.1) is 0 Å². The largest absolute Gasteiger partial charge is 0.478 e. The van der Waals surface area contributed by atoms with E-state index in [0.29, 0.717) is 12.1 Å². The van der Waals surface area contributed by atoms with Crippen LogP contribution in [0.5, 0.6) is 0 Å². The summed E-state index contributed by atoms with van der Waals surface area (Å²) in [5.74, 6) is -1.02. The molecule has 0 saturated heterocycles. The molecule has 0 bridgehead atoms. The zero-order chi connectivity index (χ0) is 10.6. The molecule has 0 aliphatic rings. The molecule has 1 aromatic carbocycles. The van der Waals surface area contributed by atoms with Gasteiger partial charge in [-0.25, -0.2) is 4.79 Å². The summed E-state index contributed by atoms with van der Waals surface area (Å²) in [4.78, 5) is 10.6. The van der Waals surface area contributed by atoms with Gasteiger partial charge >= 0.3 is 13.5 Å². The minimum atomic E-state index is -1.02. The second-order valence-electron chi connectivity index (χ2n) is 2.78. The highest BCUT2D eigenvalue weighted by Gasteiger charge is 2.08. The van der Waals surface area contributed by atoms with Crippen LogP contribution in [-0.2, 0) is 11.3 Å². The van der Waals surface area contributed by atoms with Gasteiger partial charge in [-0.3, -0.25) is 0 Å². The third-order valence-corrected chi connectivity index (χ3v) is 1.83. The molecule has 0 aliphatic carbocycles. The Morgan fingerprint density at radius 2 is 2.29 bits per heavy atom. The zero-order valence-electron chi connectivity index (χ0n) is 7.73. The molecule has 0 spiro atoms. The number of rotatable bonds is 4. The fourth-order valence-corrected chi connectivity index (χ4v) is 1.14. The van der Waals surface area contributed by atoms with Gasteiger partial charge in [0, 0.05) is 7.11 Å². The third-order valence-electron chi connectivity index (χ3n) is 1.83. The van der Waals surface area contributed by atoms with Gasteiger partial charge in [0.05, 0.1) is 12.2 Å². The number of hydrogen-bond donors (Lipinski definition) is 2. The summed E-state index contributed by atoms with van der Waals surface area (Å²) in [6.45, 7) is 0.340. The van der Waals surface area contributed by atoms with E-state index in [1.807, 2.05) is 0 Å². The third kappa shape index (κ3) is 2.34. The van der Waals surface area contributed by atoms with E-state index in [9.17, 15) is 4.79 Å². The van der Waals surface area contributed by atoms with Crippen LogP contribution >= 0.6 is 0 Å². The van der Waals surface area contributed by atoms with Gasteiger partial charge in [-0.05, 0) is 17.1 Å². The summed E-state index contributed by atoms with van der Waals surface area (Å²) in [7, 11) is 2.41. The van der Waals surface area contributed by atoms with Crippen molar-refractivity contribution in [3.05, 3.63) is 29.3 Å². The second kappa shape index (κ2) is 4.78. The van der Waals surface area contributed by atoms with Gasteiger partial charge < -0.3 is 14.9 Å². The van der Waals surface area contributed by atoms with E-state index >= 15 is 0 Å². The lowest BCUT2D eigenvalue weighted by Gasteiger charge is -2.06. The molecule has 1 radical (unpaired) electrons. The Labute approximate surface area is 82.4 Å². The average molecular weight is 193 g/mol. The molecule has 5 heteroatoms. The molecule has 0 unspecified atom stereocenters. The summed E-state index contributed by atoms with van der Waals surface area (Å²) in [6.07, 6.45) is 0. The predicted molar refractivity (Wildman–Crippen MR) is 51.7 cm³/mol. The molecule has 0 fully saturated rings. The fraction of sp³-hybridized carbons (Fsp3) is 0.222. The lowest BCUT2D eigenvalue weighted by Crippen LogP contribution is -2.21. The highest BCUT2D eigenvalue weighted by atomic mass is 16.5. The lowest BCUT2D eigenvalue weighted by atomic mass is 9.83. The van der Waals surface area contributed by atoms with Crippen molar-refractivity contribution < 1.29 is 19.7 Å². The van der Waals surface area contributed by atoms with E-state index in [-0.39, 0.29) is 5.56 Å². The van der Waals surface area contributed by atoms with Crippen LogP contribution in [0.25, 0.3) is 0 Å². The van der Waals surface area contributed by atoms with Gasteiger partial charge in [0.25, 0.3) is 0 Å². The number of carboxylic acid groups (broad SMARTS) is 1. The van der Waals surface area contributed by atoms with E-state index in [2.05, 4.69) is 0 Å². The number of carboxylic acids is 1. The number of methoxy groups -OCH3 is 1. The SMILES string of the molecule is COCc1ccc(C(=O)O)cc1[B]O. The molecule has 73 valence electrons. The molecular weight excluding hydrogens is 183 g/mol. The second-order valence-corrected chi connectivity index (χ2v) is 2.78. The quantitative estimate of drug-likeness (QED) is 0.648. The van der Waals surface area contributed by atoms with E-state index < -0.39 is 5.97 Å². The maximum absolute atomic E-state index is 10.6. The first-order valence-corrected chi connectivity index (χ1v) is 4.01. The van der Waals surface area contributed by atoms with Crippen molar-refractivity contribution in [1.82, 2.24) is 0 Å². The molecule has 0 heterocycles. The van der Waals surface area contributed by atoms with Crippen molar-refractivity contribution in [2.75, 3.05) is 7.11 Å². The molecular formula is C9H10BO4. The average Bonchev–Trinajstić information content (AvgIpc) is 2.18.